The molecule has 0 aromatic carbocycles. The zero-order valence-electron chi connectivity index (χ0n) is 10.5. The first-order valence-corrected chi connectivity index (χ1v) is 6.16. The van der Waals surface area contributed by atoms with Crippen LogP contribution in [0.2, 0.25) is 0 Å². The molecule has 0 saturated heterocycles. The molecule has 0 spiro atoms. The third kappa shape index (κ3) is 3.26. The molecular formula is C12H19F2N3O. The van der Waals surface area contributed by atoms with Gasteiger partial charge in [-0.1, -0.05) is 0 Å². The van der Waals surface area contributed by atoms with E-state index in [0.29, 0.717) is 17.8 Å². The molecule has 1 aromatic rings. The number of imidazole rings is 1. The quantitative estimate of drug-likeness (QED) is 0.777. The Bertz CT molecular complexity index is 377. The van der Waals surface area contributed by atoms with Crippen LogP contribution in [0.15, 0.2) is 12.4 Å². The van der Waals surface area contributed by atoms with Crippen LogP contribution < -0.4 is 5.32 Å². The van der Waals surface area contributed by atoms with Crippen molar-refractivity contribution in [3.8, 4) is 0 Å². The molecule has 0 radical (unpaired) electrons. The fourth-order valence-corrected chi connectivity index (χ4v) is 2.11. The van der Waals surface area contributed by atoms with Crippen LogP contribution in [0.25, 0.3) is 0 Å². The summed E-state index contributed by atoms with van der Waals surface area (Å²) in [6.45, 7) is -0.543. The molecular weight excluding hydrogens is 240 g/mol. The second-order valence-corrected chi connectivity index (χ2v) is 4.87. The second-order valence-electron chi connectivity index (χ2n) is 4.87. The summed E-state index contributed by atoms with van der Waals surface area (Å²) in [6.07, 6.45) is 6.11. The molecule has 6 heteroatoms. The van der Waals surface area contributed by atoms with E-state index in [9.17, 15) is 8.78 Å². The number of nitrogens with one attached hydrogen (secondary N) is 1. The van der Waals surface area contributed by atoms with E-state index in [0.717, 1.165) is 24.1 Å². The standard InChI is InChI=1S/C12H19F2N3O/c1-18-7-4-12(2-3-12)9-15-8-10-16-5-6-17(10)11(13)14/h5-6,11,15H,2-4,7-9H2,1H3. The normalized spacial score (nSPS) is 17.3. The Balaban J connectivity index is 1.76. The lowest BCUT2D eigenvalue weighted by Gasteiger charge is -2.15. The average molecular weight is 259 g/mol. The van der Waals surface area contributed by atoms with Crippen molar-refractivity contribution in [2.24, 2.45) is 5.41 Å². The maximum absolute atomic E-state index is 12.6. The second kappa shape index (κ2) is 5.75. The highest BCUT2D eigenvalue weighted by molar-refractivity contribution is 4.97. The van der Waals surface area contributed by atoms with Gasteiger partial charge < -0.3 is 10.1 Å². The first-order chi connectivity index (χ1) is 8.67. The number of hydrogen-bond acceptors (Lipinski definition) is 3. The molecule has 0 bridgehead atoms. The van der Waals surface area contributed by atoms with Crippen molar-refractivity contribution >= 4 is 0 Å². The summed E-state index contributed by atoms with van der Waals surface area (Å²) in [5.74, 6) is 0.382. The Hall–Kier alpha value is -1.01. The number of halogens is 2. The van der Waals surface area contributed by atoms with E-state index in [2.05, 4.69) is 10.3 Å². The lowest BCUT2D eigenvalue weighted by Crippen LogP contribution is -2.26. The summed E-state index contributed by atoms with van der Waals surface area (Å²) >= 11 is 0. The van der Waals surface area contributed by atoms with Gasteiger partial charge in [0.25, 0.3) is 0 Å². The Morgan fingerprint density at radius 1 is 1.56 bits per heavy atom. The smallest absolute Gasteiger partial charge is 0.319 e. The molecule has 1 aliphatic carbocycles. The van der Waals surface area contributed by atoms with Crippen LogP contribution in [0.1, 0.15) is 31.6 Å². The van der Waals surface area contributed by atoms with Gasteiger partial charge in [-0.2, -0.15) is 8.78 Å². The fraction of sp³-hybridized carbons (Fsp3) is 0.750. The zero-order valence-corrected chi connectivity index (χ0v) is 10.5. The van der Waals surface area contributed by atoms with E-state index in [1.54, 1.807) is 7.11 Å². The molecule has 1 aromatic heterocycles. The van der Waals surface area contributed by atoms with Gasteiger partial charge in [-0.15, -0.1) is 0 Å². The SMILES string of the molecule is COCCC1(CNCc2nccn2C(F)F)CC1. The topological polar surface area (TPSA) is 39.1 Å². The predicted molar refractivity (Wildman–Crippen MR) is 63.3 cm³/mol. The highest BCUT2D eigenvalue weighted by atomic mass is 19.3. The fourth-order valence-electron chi connectivity index (χ4n) is 2.11. The van der Waals surface area contributed by atoms with Crippen LogP contribution in [0.5, 0.6) is 0 Å². The molecule has 0 aliphatic heterocycles. The maximum atomic E-state index is 12.6. The summed E-state index contributed by atoms with van der Waals surface area (Å²) in [4.78, 5) is 3.94. The third-order valence-corrected chi connectivity index (χ3v) is 3.54. The minimum absolute atomic E-state index is 0.318. The van der Waals surface area contributed by atoms with Crippen LogP contribution in [0.4, 0.5) is 8.78 Å². The molecule has 18 heavy (non-hydrogen) atoms. The summed E-state index contributed by atoms with van der Waals surface area (Å²) < 4.78 is 31.1. The monoisotopic (exact) mass is 259 g/mol. The summed E-state index contributed by atoms with van der Waals surface area (Å²) in [5, 5.41) is 3.22. The van der Waals surface area contributed by atoms with Crippen molar-refractivity contribution in [2.75, 3.05) is 20.3 Å². The number of aromatic nitrogens is 2. The van der Waals surface area contributed by atoms with E-state index in [1.807, 2.05) is 0 Å². The maximum Gasteiger partial charge on any atom is 0.319 e. The van der Waals surface area contributed by atoms with Crippen molar-refractivity contribution in [1.82, 2.24) is 14.9 Å². The van der Waals surface area contributed by atoms with Gasteiger partial charge >= 0.3 is 6.55 Å². The molecule has 4 nitrogen and oxygen atoms in total. The van der Waals surface area contributed by atoms with E-state index >= 15 is 0 Å². The summed E-state index contributed by atoms with van der Waals surface area (Å²) in [6, 6.07) is 0. The third-order valence-electron chi connectivity index (χ3n) is 3.54. The summed E-state index contributed by atoms with van der Waals surface area (Å²) in [7, 11) is 1.70. The number of ether oxygens (including phenoxy) is 1. The number of nitrogens with zero attached hydrogens (tertiary/aromatic N) is 2. The largest absolute Gasteiger partial charge is 0.385 e. The van der Waals surface area contributed by atoms with Crippen molar-refractivity contribution in [2.45, 2.75) is 32.4 Å². The Morgan fingerprint density at radius 3 is 2.94 bits per heavy atom. The molecule has 1 heterocycles. The van der Waals surface area contributed by atoms with Gasteiger partial charge in [-0.25, -0.2) is 4.98 Å². The molecule has 0 atom stereocenters. The van der Waals surface area contributed by atoms with Crippen molar-refractivity contribution in [3.05, 3.63) is 18.2 Å². The highest BCUT2D eigenvalue weighted by Crippen LogP contribution is 2.48. The lowest BCUT2D eigenvalue weighted by atomic mass is 10.0. The molecule has 2 rings (SSSR count). The number of alkyl halides is 2. The van der Waals surface area contributed by atoms with Crippen molar-refractivity contribution in [3.63, 3.8) is 0 Å². The molecule has 102 valence electrons. The van der Waals surface area contributed by atoms with Gasteiger partial charge in [0.15, 0.2) is 0 Å². The van der Waals surface area contributed by atoms with Gasteiger partial charge in [0, 0.05) is 32.7 Å². The number of hydrogen-bond donors (Lipinski definition) is 1. The predicted octanol–water partition coefficient (Wildman–Crippen LogP) is 2.18. The molecule has 1 fully saturated rings. The number of methoxy groups -OCH3 is 1. The zero-order chi connectivity index (χ0) is 13.0. The Kier molecular flexibility index (Phi) is 4.29. The van der Waals surface area contributed by atoms with Crippen LogP contribution in [-0.4, -0.2) is 29.8 Å². The minimum Gasteiger partial charge on any atom is -0.385 e. The highest BCUT2D eigenvalue weighted by Gasteiger charge is 2.41. The number of rotatable bonds is 8. The summed E-state index contributed by atoms with van der Waals surface area (Å²) in [5.41, 5.74) is 0.318. The van der Waals surface area contributed by atoms with E-state index in [-0.39, 0.29) is 0 Å². The lowest BCUT2D eigenvalue weighted by molar-refractivity contribution is 0.0665. The molecule has 0 unspecified atom stereocenters. The van der Waals surface area contributed by atoms with Gasteiger partial charge in [0.05, 0.1) is 6.54 Å². The van der Waals surface area contributed by atoms with Gasteiger partial charge in [-0.05, 0) is 24.7 Å². The Labute approximate surface area is 105 Å². The van der Waals surface area contributed by atoms with E-state index in [4.69, 9.17) is 4.74 Å². The Morgan fingerprint density at radius 2 is 2.33 bits per heavy atom. The van der Waals surface area contributed by atoms with Crippen LogP contribution in [0.3, 0.4) is 0 Å². The van der Waals surface area contributed by atoms with Gasteiger partial charge in [-0.3, -0.25) is 4.57 Å². The average Bonchev–Trinajstić information content (AvgIpc) is 2.94. The van der Waals surface area contributed by atoms with Gasteiger partial charge in [0.2, 0.25) is 0 Å². The van der Waals surface area contributed by atoms with Crippen LogP contribution >= 0.6 is 0 Å². The molecule has 1 N–H and O–H groups in total. The molecule has 1 saturated carbocycles. The van der Waals surface area contributed by atoms with Crippen molar-refractivity contribution < 1.29 is 13.5 Å². The van der Waals surface area contributed by atoms with Crippen LogP contribution in [-0.2, 0) is 11.3 Å². The minimum atomic E-state index is -2.52. The first-order valence-electron chi connectivity index (χ1n) is 6.16. The van der Waals surface area contributed by atoms with E-state index in [1.165, 1.54) is 25.2 Å². The molecule has 1 aliphatic rings. The van der Waals surface area contributed by atoms with Crippen LogP contribution in [0, 0.1) is 5.41 Å². The van der Waals surface area contributed by atoms with Crippen molar-refractivity contribution in [1.29, 1.82) is 0 Å². The first kappa shape index (κ1) is 13.4. The van der Waals surface area contributed by atoms with E-state index < -0.39 is 6.55 Å². The molecule has 0 amide bonds. The van der Waals surface area contributed by atoms with Gasteiger partial charge in [0.1, 0.15) is 5.82 Å².